The maximum Gasteiger partial charge on any atom is 0.241 e. The van der Waals surface area contributed by atoms with Gasteiger partial charge in [-0.3, -0.25) is 4.79 Å². The Labute approximate surface area is 102 Å². The van der Waals surface area contributed by atoms with Crippen LogP contribution in [0.4, 0.5) is 0 Å². The van der Waals surface area contributed by atoms with Gasteiger partial charge in [0.1, 0.15) is 11.8 Å². The first-order chi connectivity index (χ1) is 8.03. The Morgan fingerprint density at radius 2 is 2.18 bits per heavy atom. The number of carbonyl (C=O) groups excluding carboxylic acids is 1. The molecular weight excluding hydrogens is 240 g/mol. The van der Waals surface area contributed by atoms with Gasteiger partial charge >= 0.3 is 0 Å². The van der Waals surface area contributed by atoms with E-state index < -0.39 is 21.0 Å². The Hall–Kier alpha value is -1.09. The molecular formula is C11H18N2O3S. The average Bonchev–Trinajstić information content (AvgIpc) is 2.27. The number of sulfone groups is 1. The second-order valence-electron chi connectivity index (χ2n) is 4.27. The van der Waals surface area contributed by atoms with Crippen molar-refractivity contribution in [3.63, 3.8) is 0 Å². The van der Waals surface area contributed by atoms with Crippen molar-refractivity contribution in [3.8, 4) is 6.07 Å². The summed E-state index contributed by atoms with van der Waals surface area (Å²) in [5, 5.41) is 7.73. The van der Waals surface area contributed by atoms with Crippen LogP contribution in [0.1, 0.15) is 32.6 Å². The van der Waals surface area contributed by atoms with E-state index in [0.29, 0.717) is 19.4 Å². The van der Waals surface area contributed by atoms with E-state index in [4.69, 9.17) is 5.26 Å². The number of nitrogens with zero attached hydrogens (tertiary/aromatic N) is 2. The molecule has 5 nitrogen and oxygen atoms in total. The second-order valence-corrected chi connectivity index (χ2v) is 6.57. The van der Waals surface area contributed by atoms with Gasteiger partial charge in [-0.05, 0) is 19.3 Å². The SMILES string of the molecule is CCCN(CC#N)C(=O)C1CCCCS1(=O)=O. The highest BCUT2D eigenvalue weighted by Gasteiger charge is 2.37. The second kappa shape index (κ2) is 6.01. The van der Waals surface area contributed by atoms with Crippen LogP contribution in [-0.2, 0) is 14.6 Å². The van der Waals surface area contributed by atoms with E-state index in [0.717, 1.165) is 12.8 Å². The van der Waals surface area contributed by atoms with Crippen molar-refractivity contribution < 1.29 is 13.2 Å². The molecule has 1 rings (SSSR count). The molecule has 1 unspecified atom stereocenters. The van der Waals surface area contributed by atoms with E-state index >= 15 is 0 Å². The van der Waals surface area contributed by atoms with Gasteiger partial charge in [0.25, 0.3) is 0 Å². The van der Waals surface area contributed by atoms with Crippen LogP contribution in [0.25, 0.3) is 0 Å². The van der Waals surface area contributed by atoms with Crippen molar-refractivity contribution in [1.82, 2.24) is 4.90 Å². The Kier molecular flexibility index (Phi) is 4.94. The lowest BCUT2D eigenvalue weighted by Crippen LogP contribution is -2.45. The molecule has 1 aliphatic heterocycles. The molecule has 1 aliphatic rings. The standard InChI is InChI=1S/C11H18N2O3S/c1-2-7-13(8-6-12)11(14)10-5-3-4-9-17(10,15)16/h10H,2-5,7-9H2,1H3. The summed E-state index contributed by atoms with van der Waals surface area (Å²) in [5.41, 5.74) is 0. The molecule has 0 aliphatic carbocycles. The van der Waals surface area contributed by atoms with Gasteiger partial charge in [0.2, 0.25) is 5.91 Å². The summed E-state index contributed by atoms with van der Waals surface area (Å²) < 4.78 is 23.6. The molecule has 0 aromatic rings. The van der Waals surface area contributed by atoms with E-state index in [1.54, 1.807) is 0 Å². The van der Waals surface area contributed by atoms with E-state index in [9.17, 15) is 13.2 Å². The fraction of sp³-hybridized carbons (Fsp3) is 0.818. The molecule has 96 valence electrons. The maximum absolute atomic E-state index is 12.1. The zero-order valence-corrected chi connectivity index (χ0v) is 10.9. The fourth-order valence-corrected chi connectivity index (χ4v) is 3.93. The van der Waals surface area contributed by atoms with Crippen LogP contribution >= 0.6 is 0 Å². The van der Waals surface area contributed by atoms with Crippen molar-refractivity contribution in [3.05, 3.63) is 0 Å². The lowest BCUT2D eigenvalue weighted by Gasteiger charge is -2.27. The number of amides is 1. The van der Waals surface area contributed by atoms with Gasteiger partial charge in [0.15, 0.2) is 9.84 Å². The van der Waals surface area contributed by atoms with Crippen LogP contribution in [0, 0.1) is 11.3 Å². The summed E-state index contributed by atoms with van der Waals surface area (Å²) in [6, 6.07) is 1.91. The van der Waals surface area contributed by atoms with Gasteiger partial charge in [0, 0.05) is 6.54 Å². The Morgan fingerprint density at radius 1 is 1.47 bits per heavy atom. The van der Waals surface area contributed by atoms with E-state index in [2.05, 4.69) is 0 Å². The first-order valence-corrected chi connectivity index (χ1v) is 7.61. The third-order valence-corrected chi connectivity index (χ3v) is 5.08. The number of rotatable bonds is 4. The van der Waals surface area contributed by atoms with Crippen molar-refractivity contribution in [2.45, 2.75) is 37.9 Å². The highest BCUT2D eigenvalue weighted by molar-refractivity contribution is 7.92. The molecule has 0 bridgehead atoms. The Balaban J connectivity index is 2.82. The zero-order chi connectivity index (χ0) is 12.9. The number of hydrogen-bond donors (Lipinski definition) is 0. The third-order valence-electron chi connectivity index (χ3n) is 2.92. The minimum Gasteiger partial charge on any atom is -0.328 e. The van der Waals surface area contributed by atoms with Crippen LogP contribution in [0.3, 0.4) is 0 Å². The quantitative estimate of drug-likeness (QED) is 0.696. The van der Waals surface area contributed by atoms with Crippen LogP contribution in [0.5, 0.6) is 0 Å². The van der Waals surface area contributed by atoms with E-state index in [1.807, 2.05) is 13.0 Å². The number of hydrogen-bond acceptors (Lipinski definition) is 4. The van der Waals surface area contributed by atoms with Crippen molar-refractivity contribution in [2.24, 2.45) is 0 Å². The molecule has 17 heavy (non-hydrogen) atoms. The molecule has 0 aromatic carbocycles. The van der Waals surface area contributed by atoms with Crippen LogP contribution in [-0.4, -0.2) is 43.3 Å². The molecule has 1 fully saturated rings. The predicted molar refractivity (Wildman–Crippen MR) is 63.9 cm³/mol. The van der Waals surface area contributed by atoms with Crippen molar-refractivity contribution in [2.75, 3.05) is 18.8 Å². The minimum absolute atomic E-state index is 0.0291. The van der Waals surface area contributed by atoms with Gasteiger partial charge in [-0.15, -0.1) is 0 Å². The summed E-state index contributed by atoms with van der Waals surface area (Å²) in [6.07, 6.45) is 2.52. The average molecular weight is 258 g/mol. The Morgan fingerprint density at radius 3 is 2.71 bits per heavy atom. The molecule has 1 heterocycles. The molecule has 1 atom stereocenters. The molecule has 6 heteroatoms. The molecule has 0 N–H and O–H groups in total. The molecule has 0 aromatic heterocycles. The monoisotopic (exact) mass is 258 g/mol. The summed E-state index contributed by atoms with van der Waals surface area (Å²) in [5.74, 6) is -0.302. The lowest BCUT2D eigenvalue weighted by molar-refractivity contribution is -0.130. The molecule has 1 amide bonds. The maximum atomic E-state index is 12.1. The summed E-state index contributed by atoms with van der Waals surface area (Å²) >= 11 is 0. The predicted octanol–water partition coefficient (Wildman–Crippen LogP) is 0.716. The molecule has 0 radical (unpaired) electrons. The summed E-state index contributed by atoms with van der Waals surface area (Å²) in [7, 11) is -3.31. The molecule has 0 spiro atoms. The van der Waals surface area contributed by atoms with Gasteiger partial charge in [-0.1, -0.05) is 13.3 Å². The molecule has 1 saturated heterocycles. The normalized spacial score (nSPS) is 22.7. The van der Waals surface area contributed by atoms with Gasteiger partial charge in [-0.2, -0.15) is 5.26 Å². The van der Waals surface area contributed by atoms with Crippen LogP contribution < -0.4 is 0 Å². The largest absolute Gasteiger partial charge is 0.328 e. The number of carbonyl (C=O) groups is 1. The highest BCUT2D eigenvalue weighted by Crippen LogP contribution is 2.21. The van der Waals surface area contributed by atoms with E-state index in [1.165, 1.54) is 4.90 Å². The highest BCUT2D eigenvalue weighted by atomic mass is 32.2. The van der Waals surface area contributed by atoms with Crippen molar-refractivity contribution in [1.29, 1.82) is 5.26 Å². The fourth-order valence-electron chi connectivity index (χ4n) is 2.06. The van der Waals surface area contributed by atoms with E-state index in [-0.39, 0.29) is 12.3 Å². The van der Waals surface area contributed by atoms with Gasteiger partial charge in [0.05, 0.1) is 11.8 Å². The summed E-state index contributed by atoms with van der Waals surface area (Å²) in [6.45, 7) is 2.31. The Bertz CT molecular complexity index is 411. The van der Waals surface area contributed by atoms with Gasteiger partial charge < -0.3 is 4.90 Å². The van der Waals surface area contributed by atoms with Gasteiger partial charge in [-0.25, -0.2) is 8.42 Å². The van der Waals surface area contributed by atoms with Crippen LogP contribution in [0.15, 0.2) is 0 Å². The van der Waals surface area contributed by atoms with Crippen LogP contribution in [0.2, 0.25) is 0 Å². The topological polar surface area (TPSA) is 78.2 Å². The zero-order valence-electron chi connectivity index (χ0n) is 10.1. The molecule has 0 saturated carbocycles. The number of nitriles is 1. The third kappa shape index (κ3) is 3.43. The smallest absolute Gasteiger partial charge is 0.241 e. The lowest BCUT2D eigenvalue weighted by atomic mass is 10.1. The first kappa shape index (κ1) is 14.0. The van der Waals surface area contributed by atoms with Crippen molar-refractivity contribution >= 4 is 15.7 Å². The summed E-state index contributed by atoms with van der Waals surface area (Å²) in [4.78, 5) is 13.4. The first-order valence-electron chi connectivity index (χ1n) is 5.90. The minimum atomic E-state index is -3.31.